The number of esters is 3. The van der Waals surface area contributed by atoms with Gasteiger partial charge in [0.1, 0.15) is 11.5 Å². The van der Waals surface area contributed by atoms with Crippen LogP contribution in [0.15, 0.2) is 109 Å². The molecule has 3 aromatic rings. The SMILES string of the molecule is C.C=C1CC2COC(=O)C2(Cc2ccc(NCC(C)C)cc2)C1.C=C1CC2COC(=O)C2(Cc2ccc(O)cc2)C1.C=C1CC2COC(=O)C2(Cc2ccc(OCCC(C)C)cc2)C1.CC(C)CCBr. The highest BCUT2D eigenvalue weighted by Crippen LogP contribution is 2.54. The summed E-state index contributed by atoms with van der Waals surface area (Å²) in [5.74, 6) is 3.99. The lowest BCUT2D eigenvalue weighted by Gasteiger charge is -2.24. The van der Waals surface area contributed by atoms with Crippen LogP contribution in [0.5, 0.6) is 11.5 Å². The number of fused-ring (bicyclic) bond motifs is 3. The highest BCUT2D eigenvalue weighted by Gasteiger charge is 2.58. The summed E-state index contributed by atoms with van der Waals surface area (Å²) < 4.78 is 21.7. The number of benzene rings is 3. The minimum absolute atomic E-state index is 0. The number of allylic oxidation sites excluding steroid dienone is 3. The lowest BCUT2D eigenvalue weighted by molar-refractivity contribution is -0.147. The number of rotatable bonds is 15. The summed E-state index contributed by atoms with van der Waals surface area (Å²) in [5, 5.41) is 13.9. The Balaban J connectivity index is 0.000000184. The van der Waals surface area contributed by atoms with E-state index >= 15 is 0 Å². The molecule has 6 fully saturated rings. The van der Waals surface area contributed by atoms with Crippen molar-refractivity contribution < 1.29 is 38.4 Å². The molecule has 70 heavy (non-hydrogen) atoms. The van der Waals surface area contributed by atoms with Crippen molar-refractivity contribution in [1.82, 2.24) is 0 Å². The zero-order valence-electron chi connectivity index (χ0n) is 42.2. The molecule has 3 aromatic carbocycles. The number of hydrogen-bond donors (Lipinski definition) is 2. The number of ether oxygens (including phenoxy) is 4. The molecule has 9 nitrogen and oxygen atoms in total. The number of hydrogen-bond acceptors (Lipinski definition) is 9. The summed E-state index contributed by atoms with van der Waals surface area (Å²) in [5.41, 5.74) is 6.94. The van der Waals surface area contributed by atoms with Crippen molar-refractivity contribution in [2.24, 2.45) is 51.8 Å². The van der Waals surface area contributed by atoms with Crippen molar-refractivity contribution in [3.8, 4) is 11.5 Å². The second-order valence-corrected chi connectivity index (χ2v) is 22.8. The van der Waals surface area contributed by atoms with Gasteiger partial charge in [-0.15, -0.1) is 0 Å². The molecule has 3 aliphatic carbocycles. The number of alkyl halides is 1. The van der Waals surface area contributed by atoms with E-state index in [-0.39, 0.29) is 47.8 Å². The Labute approximate surface area is 428 Å². The molecule has 6 atom stereocenters. The highest BCUT2D eigenvalue weighted by atomic mass is 79.9. The molecule has 9 rings (SSSR count). The monoisotopic (exact) mass is 1020 g/mol. The largest absolute Gasteiger partial charge is 0.508 e. The highest BCUT2D eigenvalue weighted by molar-refractivity contribution is 9.09. The standard InChI is InChI=1S/C20H26O3.C19H25NO2.C15H16O3.C5H11Br.CH4/c1-14(2)8-9-22-18-6-4-16(5-7-18)12-20-11-15(3)10-17(20)13-23-19(20)21;1-13(2)11-20-17-6-4-15(5-7-17)10-19-9-14(3)8-16(19)12-22-18(19)21;1-10-6-12-9-18-14(17)15(12,7-10)8-11-2-4-13(16)5-3-11;1-5(2)3-4-6;/h4-7,14,17H,3,8-13H2,1-2H3;4-7,13,16,20H,3,8-12H2,1-2H3;2-5,12,16H,1,6-9H2;5H,3-4H2,1-2H3;1H4. The molecule has 3 aliphatic heterocycles. The van der Waals surface area contributed by atoms with Crippen LogP contribution in [0.1, 0.15) is 117 Å². The van der Waals surface area contributed by atoms with Crippen LogP contribution < -0.4 is 10.1 Å². The Morgan fingerprint density at radius 2 is 0.971 bits per heavy atom. The van der Waals surface area contributed by atoms with E-state index in [9.17, 15) is 19.5 Å². The number of nitrogens with one attached hydrogen (secondary N) is 1. The first-order valence-corrected chi connectivity index (χ1v) is 26.4. The van der Waals surface area contributed by atoms with Gasteiger partial charge >= 0.3 is 17.9 Å². The first-order chi connectivity index (χ1) is 32.9. The van der Waals surface area contributed by atoms with Crippen molar-refractivity contribution in [3.05, 3.63) is 126 Å². The summed E-state index contributed by atoms with van der Waals surface area (Å²) in [6.45, 7) is 28.8. The van der Waals surface area contributed by atoms with Crippen LogP contribution in [0.2, 0.25) is 0 Å². The number of cyclic esters (lactones) is 3. The molecule has 0 amide bonds. The lowest BCUT2D eigenvalue weighted by Crippen LogP contribution is -2.31. The van der Waals surface area contributed by atoms with Gasteiger partial charge in [-0.1, -0.05) is 138 Å². The number of carbonyl (C=O) groups excluding carboxylic acids is 3. The fourth-order valence-electron chi connectivity index (χ4n) is 10.9. The maximum atomic E-state index is 12.3. The Kier molecular flexibility index (Phi) is 20.0. The Morgan fingerprint density at radius 1 is 0.600 bits per heavy atom. The third-order valence-electron chi connectivity index (χ3n) is 14.8. The van der Waals surface area contributed by atoms with Crippen LogP contribution in [-0.4, -0.2) is 61.3 Å². The molecule has 0 spiro atoms. The maximum Gasteiger partial charge on any atom is 0.313 e. The first-order valence-electron chi connectivity index (χ1n) is 25.3. The van der Waals surface area contributed by atoms with Gasteiger partial charge in [-0.3, -0.25) is 14.4 Å². The number of halogens is 1. The topological polar surface area (TPSA) is 120 Å². The van der Waals surface area contributed by atoms with Gasteiger partial charge in [0, 0.05) is 35.3 Å². The number of anilines is 1. The molecule has 3 saturated heterocycles. The molecule has 0 aromatic heterocycles. The Bertz CT molecular complexity index is 2250. The van der Waals surface area contributed by atoms with Crippen molar-refractivity contribution in [2.45, 2.75) is 120 Å². The van der Waals surface area contributed by atoms with E-state index in [1.807, 2.05) is 24.3 Å². The molecule has 3 heterocycles. The Hall–Kier alpha value is -4.83. The smallest absolute Gasteiger partial charge is 0.313 e. The average molecular weight is 1030 g/mol. The number of phenolic OH excluding ortho intramolecular Hbond substituents is 1. The van der Waals surface area contributed by atoms with Crippen LogP contribution in [-0.2, 0) is 47.9 Å². The summed E-state index contributed by atoms with van der Waals surface area (Å²) in [6.07, 6.45) is 9.55. The molecular weight excluding hydrogens is 943 g/mol. The van der Waals surface area contributed by atoms with Crippen LogP contribution >= 0.6 is 15.9 Å². The van der Waals surface area contributed by atoms with Gasteiger partial charge in [0.05, 0.1) is 42.7 Å². The quantitative estimate of drug-likeness (QED) is 0.0663. The zero-order valence-corrected chi connectivity index (χ0v) is 43.8. The molecule has 0 bridgehead atoms. The van der Waals surface area contributed by atoms with Gasteiger partial charge in [0.2, 0.25) is 0 Å². The predicted octanol–water partition coefficient (Wildman–Crippen LogP) is 13.5. The molecule has 6 aliphatic rings. The minimum Gasteiger partial charge on any atom is -0.508 e. The average Bonchev–Trinajstić information content (AvgIpc) is 4.11. The van der Waals surface area contributed by atoms with Crippen molar-refractivity contribution in [1.29, 1.82) is 0 Å². The lowest BCUT2D eigenvalue weighted by atomic mass is 9.75. The normalized spacial score (nSPS) is 25.9. The van der Waals surface area contributed by atoms with E-state index in [0.717, 1.165) is 105 Å². The van der Waals surface area contributed by atoms with E-state index in [0.29, 0.717) is 49.9 Å². The van der Waals surface area contributed by atoms with Crippen LogP contribution in [0, 0.1) is 51.8 Å². The first kappa shape index (κ1) is 56.1. The van der Waals surface area contributed by atoms with Gasteiger partial charge in [-0.05, 0) is 141 Å². The fourth-order valence-corrected chi connectivity index (χ4v) is 11.8. The van der Waals surface area contributed by atoms with E-state index < -0.39 is 5.41 Å². The van der Waals surface area contributed by atoms with Crippen LogP contribution in [0.25, 0.3) is 0 Å². The molecule has 2 N–H and O–H groups in total. The van der Waals surface area contributed by atoms with E-state index in [2.05, 4.69) is 119 Å². The van der Waals surface area contributed by atoms with Crippen molar-refractivity contribution in [3.63, 3.8) is 0 Å². The number of phenols is 1. The van der Waals surface area contributed by atoms with Gasteiger partial charge in [0.15, 0.2) is 0 Å². The second kappa shape index (κ2) is 25.0. The van der Waals surface area contributed by atoms with E-state index in [1.54, 1.807) is 12.1 Å². The second-order valence-electron chi connectivity index (χ2n) is 22.0. The molecule has 3 saturated carbocycles. The fraction of sp³-hybridized carbons (Fsp3) is 0.550. The molecule has 382 valence electrons. The van der Waals surface area contributed by atoms with Crippen molar-refractivity contribution >= 4 is 39.5 Å². The predicted molar refractivity (Wildman–Crippen MR) is 286 cm³/mol. The van der Waals surface area contributed by atoms with E-state index in [1.165, 1.54) is 28.7 Å². The summed E-state index contributed by atoms with van der Waals surface area (Å²) >= 11 is 3.35. The third-order valence-corrected chi connectivity index (χ3v) is 15.3. The van der Waals surface area contributed by atoms with E-state index in [4.69, 9.17) is 18.9 Å². The maximum absolute atomic E-state index is 12.3. The van der Waals surface area contributed by atoms with Gasteiger partial charge in [-0.2, -0.15) is 0 Å². The zero-order chi connectivity index (χ0) is 49.9. The summed E-state index contributed by atoms with van der Waals surface area (Å²) in [6, 6.07) is 23.7. The molecule has 0 radical (unpaired) electrons. The minimum atomic E-state index is -0.409. The number of carbonyl (C=O) groups is 3. The van der Waals surface area contributed by atoms with Crippen LogP contribution in [0.4, 0.5) is 5.69 Å². The molecular formula is C60H82BrNO8. The third kappa shape index (κ3) is 14.0. The van der Waals surface area contributed by atoms with Gasteiger partial charge in [0.25, 0.3) is 0 Å². The molecule has 6 unspecified atom stereocenters. The summed E-state index contributed by atoms with van der Waals surface area (Å²) in [7, 11) is 0. The van der Waals surface area contributed by atoms with Crippen LogP contribution in [0.3, 0.4) is 0 Å². The van der Waals surface area contributed by atoms with Crippen molar-refractivity contribution in [2.75, 3.05) is 43.6 Å². The number of aromatic hydroxyl groups is 1. The molecule has 10 heteroatoms. The summed E-state index contributed by atoms with van der Waals surface area (Å²) in [4.78, 5) is 36.7. The van der Waals surface area contributed by atoms with Gasteiger partial charge in [-0.25, -0.2) is 0 Å². The van der Waals surface area contributed by atoms with Gasteiger partial charge < -0.3 is 29.4 Å². The Morgan fingerprint density at radius 3 is 1.31 bits per heavy atom.